The van der Waals surface area contributed by atoms with Crippen molar-refractivity contribution in [2.45, 2.75) is 18.6 Å². The number of alkyl halides is 1. The SMILES string of the molecule is COC(=O)C1NCCC1F.Cl. The van der Waals surface area contributed by atoms with E-state index in [1.165, 1.54) is 7.11 Å². The van der Waals surface area contributed by atoms with Gasteiger partial charge in [0, 0.05) is 0 Å². The lowest BCUT2D eigenvalue weighted by molar-refractivity contribution is -0.143. The molecule has 0 amide bonds. The van der Waals surface area contributed by atoms with E-state index in [0.717, 1.165) is 0 Å². The van der Waals surface area contributed by atoms with E-state index in [2.05, 4.69) is 10.1 Å². The average molecular weight is 184 g/mol. The molecule has 1 aliphatic rings. The van der Waals surface area contributed by atoms with Crippen LogP contribution in [0.1, 0.15) is 6.42 Å². The summed E-state index contributed by atoms with van der Waals surface area (Å²) >= 11 is 0. The largest absolute Gasteiger partial charge is 0.468 e. The van der Waals surface area contributed by atoms with Gasteiger partial charge < -0.3 is 10.1 Å². The van der Waals surface area contributed by atoms with Crippen molar-refractivity contribution < 1.29 is 13.9 Å². The molecule has 0 aromatic heterocycles. The summed E-state index contributed by atoms with van der Waals surface area (Å²) in [6.07, 6.45) is -0.674. The van der Waals surface area contributed by atoms with Gasteiger partial charge in [0.1, 0.15) is 12.2 Å². The maximum atomic E-state index is 12.7. The van der Waals surface area contributed by atoms with E-state index in [9.17, 15) is 9.18 Å². The van der Waals surface area contributed by atoms with Gasteiger partial charge >= 0.3 is 5.97 Å². The number of methoxy groups -OCH3 is 1. The van der Waals surface area contributed by atoms with Crippen LogP contribution in [0.2, 0.25) is 0 Å². The van der Waals surface area contributed by atoms with Crippen LogP contribution >= 0.6 is 12.4 Å². The third-order valence-electron chi connectivity index (χ3n) is 1.60. The fourth-order valence-corrected chi connectivity index (χ4v) is 1.03. The second-order valence-electron chi connectivity index (χ2n) is 2.26. The Bertz CT molecular complexity index is 145. The standard InChI is InChI=1S/C6H10FNO2.ClH/c1-10-6(9)5-4(7)2-3-8-5;/h4-5,8H,2-3H2,1H3;1H. The van der Waals surface area contributed by atoms with Crippen molar-refractivity contribution in [1.82, 2.24) is 5.32 Å². The van der Waals surface area contributed by atoms with E-state index >= 15 is 0 Å². The Hall–Kier alpha value is -0.350. The number of ether oxygens (including phenoxy) is 1. The molecule has 0 bridgehead atoms. The molecule has 1 aliphatic heterocycles. The summed E-state index contributed by atoms with van der Waals surface area (Å²) in [6.45, 7) is 0.556. The van der Waals surface area contributed by atoms with Crippen molar-refractivity contribution in [3.63, 3.8) is 0 Å². The molecule has 0 spiro atoms. The number of rotatable bonds is 1. The third kappa shape index (κ3) is 2.31. The lowest BCUT2D eigenvalue weighted by Crippen LogP contribution is -2.37. The van der Waals surface area contributed by atoms with E-state index in [1.54, 1.807) is 0 Å². The van der Waals surface area contributed by atoms with Crippen molar-refractivity contribution in [2.75, 3.05) is 13.7 Å². The third-order valence-corrected chi connectivity index (χ3v) is 1.60. The number of carbonyl (C=O) groups excluding carboxylic acids is 1. The lowest BCUT2D eigenvalue weighted by atomic mass is 10.2. The first-order valence-electron chi connectivity index (χ1n) is 3.21. The molecule has 3 nitrogen and oxygen atoms in total. The Morgan fingerprint density at radius 1 is 1.73 bits per heavy atom. The van der Waals surface area contributed by atoms with Gasteiger partial charge in [-0.25, -0.2) is 4.39 Å². The first-order chi connectivity index (χ1) is 4.75. The summed E-state index contributed by atoms with van der Waals surface area (Å²) in [7, 11) is 1.26. The van der Waals surface area contributed by atoms with Crippen molar-refractivity contribution in [2.24, 2.45) is 0 Å². The van der Waals surface area contributed by atoms with Crippen molar-refractivity contribution >= 4 is 18.4 Å². The fraction of sp³-hybridized carbons (Fsp3) is 0.833. The summed E-state index contributed by atoms with van der Waals surface area (Å²) in [4.78, 5) is 10.7. The Balaban J connectivity index is 0.000001000. The zero-order valence-corrected chi connectivity index (χ0v) is 6.99. The molecule has 1 heterocycles. The van der Waals surface area contributed by atoms with Gasteiger partial charge in [0.2, 0.25) is 0 Å². The van der Waals surface area contributed by atoms with E-state index < -0.39 is 18.2 Å². The molecular weight excluding hydrogens is 173 g/mol. The number of carbonyl (C=O) groups is 1. The Morgan fingerprint density at radius 3 is 2.73 bits per heavy atom. The predicted molar refractivity (Wildman–Crippen MR) is 40.6 cm³/mol. The van der Waals surface area contributed by atoms with Crippen LogP contribution < -0.4 is 5.32 Å². The van der Waals surface area contributed by atoms with E-state index in [4.69, 9.17) is 0 Å². The van der Waals surface area contributed by atoms with Crippen LogP contribution in [0.4, 0.5) is 4.39 Å². The van der Waals surface area contributed by atoms with Gasteiger partial charge in [0.25, 0.3) is 0 Å². The van der Waals surface area contributed by atoms with Crippen molar-refractivity contribution in [1.29, 1.82) is 0 Å². The highest BCUT2D eigenvalue weighted by atomic mass is 35.5. The monoisotopic (exact) mass is 183 g/mol. The van der Waals surface area contributed by atoms with E-state index in [1.807, 2.05) is 0 Å². The molecule has 11 heavy (non-hydrogen) atoms. The van der Waals surface area contributed by atoms with E-state index in [0.29, 0.717) is 13.0 Å². The number of nitrogens with one attached hydrogen (secondary N) is 1. The lowest BCUT2D eigenvalue weighted by Gasteiger charge is -2.08. The minimum absolute atomic E-state index is 0. The van der Waals surface area contributed by atoms with Crippen LogP contribution in [0.25, 0.3) is 0 Å². The maximum Gasteiger partial charge on any atom is 0.325 e. The number of halogens is 2. The molecule has 2 atom stereocenters. The van der Waals surface area contributed by atoms with Crippen LogP contribution in [0, 0.1) is 0 Å². The molecule has 0 aromatic carbocycles. The summed E-state index contributed by atoms with van der Waals surface area (Å²) in [5.74, 6) is -0.509. The van der Waals surface area contributed by atoms with Gasteiger partial charge in [0.05, 0.1) is 7.11 Å². The van der Waals surface area contributed by atoms with Crippen molar-refractivity contribution in [3.8, 4) is 0 Å². The Labute approximate surface area is 70.7 Å². The normalized spacial score (nSPS) is 29.3. The molecule has 0 saturated carbocycles. The van der Waals surface area contributed by atoms with Gasteiger partial charge in [-0.05, 0) is 13.0 Å². The molecule has 1 saturated heterocycles. The summed E-state index contributed by atoms with van der Waals surface area (Å²) in [5, 5.41) is 2.71. The topological polar surface area (TPSA) is 38.3 Å². The minimum Gasteiger partial charge on any atom is -0.468 e. The first-order valence-corrected chi connectivity index (χ1v) is 3.21. The fourth-order valence-electron chi connectivity index (χ4n) is 1.03. The molecule has 1 fully saturated rings. The maximum absolute atomic E-state index is 12.7. The molecule has 0 aliphatic carbocycles. The van der Waals surface area contributed by atoms with Crippen LogP contribution in [-0.4, -0.2) is 31.8 Å². The highest BCUT2D eigenvalue weighted by Gasteiger charge is 2.33. The molecule has 1 rings (SSSR count). The summed E-state index contributed by atoms with van der Waals surface area (Å²) in [5.41, 5.74) is 0. The van der Waals surface area contributed by atoms with Gasteiger partial charge in [-0.3, -0.25) is 4.79 Å². The zero-order chi connectivity index (χ0) is 7.56. The second-order valence-corrected chi connectivity index (χ2v) is 2.26. The number of esters is 1. The molecular formula is C6H11ClFNO2. The Morgan fingerprint density at radius 2 is 2.36 bits per heavy atom. The molecule has 1 N–H and O–H groups in total. The highest BCUT2D eigenvalue weighted by Crippen LogP contribution is 2.11. The van der Waals surface area contributed by atoms with Gasteiger partial charge in [-0.15, -0.1) is 12.4 Å². The summed E-state index contributed by atoms with van der Waals surface area (Å²) in [6, 6.07) is -0.731. The predicted octanol–water partition coefficient (Wildman–Crippen LogP) is 0.281. The van der Waals surface area contributed by atoms with Crippen LogP contribution in [-0.2, 0) is 9.53 Å². The van der Waals surface area contributed by atoms with Gasteiger partial charge in [0.15, 0.2) is 0 Å². The van der Waals surface area contributed by atoms with Crippen molar-refractivity contribution in [3.05, 3.63) is 0 Å². The second kappa shape index (κ2) is 4.51. The smallest absolute Gasteiger partial charge is 0.325 e. The van der Waals surface area contributed by atoms with E-state index in [-0.39, 0.29) is 12.4 Å². The summed E-state index contributed by atoms with van der Waals surface area (Å²) < 4.78 is 17.0. The first kappa shape index (κ1) is 10.7. The minimum atomic E-state index is -1.08. The molecule has 66 valence electrons. The average Bonchev–Trinajstić information content (AvgIpc) is 2.34. The zero-order valence-electron chi connectivity index (χ0n) is 6.17. The van der Waals surface area contributed by atoms with Crippen LogP contribution in [0.5, 0.6) is 0 Å². The molecule has 0 radical (unpaired) electrons. The van der Waals surface area contributed by atoms with Gasteiger partial charge in [-0.1, -0.05) is 0 Å². The molecule has 2 unspecified atom stereocenters. The van der Waals surface area contributed by atoms with Crippen LogP contribution in [0.15, 0.2) is 0 Å². The number of hydrogen-bond donors (Lipinski definition) is 1. The highest BCUT2D eigenvalue weighted by molar-refractivity contribution is 5.85. The molecule has 5 heteroatoms. The number of hydrogen-bond acceptors (Lipinski definition) is 3. The van der Waals surface area contributed by atoms with Crippen LogP contribution in [0.3, 0.4) is 0 Å². The van der Waals surface area contributed by atoms with Gasteiger partial charge in [-0.2, -0.15) is 0 Å². The quantitative estimate of drug-likeness (QED) is 0.594. The Kier molecular flexibility index (Phi) is 4.37. The molecule has 0 aromatic rings.